The van der Waals surface area contributed by atoms with Gasteiger partial charge in [-0.05, 0) is 0 Å². The summed E-state index contributed by atoms with van der Waals surface area (Å²) in [5, 5.41) is 0. The van der Waals surface area contributed by atoms with Crippen molar-refractivity contribution in [1.29, 1.82) is 0 Å². The molecule has 0 spiro atoms. The van der Waals surface area contributed by atoms with Gasteiger partial charge >= 0.3 is 157 Å². The molecule has 1 aliphatic rings. The van der Waals surface area contributed by atoms with E-state index in [2.05, 4.69) is 20.8 Å². The van der Waals surface area contributed by atoms with Crippen LogP contribution in [0.25, 0.3) is 0 Å². The number of carbonyl (C=O) groups excluding carboxylic acids is 2. The molecule has 0 unspecified atom stereocenters. The molecule has 0 N–H and O–H groups in total. The van der Waals surface area contributed by atoms with Gasteiger partial charge in [-0.2, -0.15) is 0 Å². The first-order valence-electron chi connectivity index (χ1n) is 9.64. The fourth-order valence-electron chi connectivity index (χ4n) is 3.70. The molecular weight excluding hydrogens is 423 g/mol. The molecule has 5 heteroatoms. The number of carbonyl (C=O) groups is 2. The fourth-order valence-corrected chi connectivity index (χ4v) is 19.9. The summed E-state index contributed by atoms with van der Waals surface area (Å²) in [4.78, 5) is 25.7. The van der Waals surface area contributed by atoms with Crippen molar-refractivity contribution in [1.82, 2.24) is 0 Å². The molecule has 0 bridgehead atoms. The van der Waals surface area contributed by atoms with Gasteiger partial charge in [0.15, 0.2) is 0 Å². The molecule has 0 amide bonds. The molecule has 0 atom stereocenters. The molecule has 0 aromatic heterocycles. The van der Waals surface area contributed by atoms with Crippen molar-refractivity contribution in [2.24, 2.45) is 0 Å². The molecule has 0 heterocycles. The second kappa shape index (κ2) is 11.0. The third-order valence-electron chi connectivity index (χ3n) is 5.16. The number of allylic oxidation sites excluding steroid dienone is 2. The van der Waals surface area contributed by atoms with E-state index < -0.39 is 18.4 Å². The minimum atomic E-state index is -2.97. The van der Waals surface area contributed by atoms with Crippen molar-refractivity contribution in [3.05, 3.63) is 21.2 Å². The summed E-state index contributed by atoms with van der Waals surface area (Å²) in [6.45, 7) is 6.59. The van der Waals surface area contributed by atoms with Crippen molar-refractivity contribution < 1.29 is 19.1 Å². The van der Waals surface area contributed by atoms with Crippen LogP contribution in [0, 0.1) is 0 Å². The Labute approximate surface area is 156 Å². The molecule has 0 aromatic rings. The van der Waals surface area contributed by atoms with Crippen molar-refractivity contribution in [2.75, 3.05) is 14.2 Å². The summed E-state index contributed by atoms with van der Waals surface area (Å²) in [5.74, 6) is -0.133. The molecule has 0 saturated heterocycles. The van der Waals surface area contributed by atoms with Crippen molar-refractivity contribution in [2.45, 2.75) is 72.6 Å². The first-order chi connectivity index (χ1) is 12.0. The van der Waals surface area contributed by atoms with Gasteiger partial charge < -0.3 is 0 Å². The van der Waals surface area contributed by atoms with Gasteiger partial charge in [0.05, 0.1) is 0 Å². The Hall–Kier alpha value is -0.781. The summed E-state index contributed by atoms with van der Waals surface area (Å²) < 4.78 is 14.7. The average molecular weight is 457 g/mol. The van der Waals surface area contributed by atoms with Crippen LogP contribution in [0.2, 0.25) is 13.3 Å². The van der Waals surface area contributed by atoms with E-state index in [0.717, 1.165) is 55.4 Å². The molecule has 0 aliphatic heterocycles. The molecule has 0 radical (unpaired) electrons. The predicted octanol–water partition coefficient (Wildman–Crippen LogP) is 4.96. The number of hydrogen-bond donors (Lipinski definition) is 0. The second-order valence-corrected chi connectivity index (χ2v) is 20.0. The first-order valence-corrected chi connectivity index (χ1v) is 17.1. The van der Waals surface area contributed by atoms with E-state index in [9.17, 15) is 9.59 Å². The first kappa shape index (κ1) is 22.3. The molecule has 0 fully saturated rings. The van der Waals surface area contributed by atoms with Gasteiger partial charge in [0, 0.05) is 0 Å². The van der Waals surface area contributed by atoms with Crippen LogP contribution in [0.3, 0.4) is 0 Å². The van der Waals surface area contributed by atoms with E-state index >= 15 is 0 Å². The number of ether oxygens (including phenoxy) is 2. The van der Waals surface area contributed by atoms with Crippen molar-refractivity contribution in [3.63, 3.8) is 0 Å². The average Bonchev–Trinajstić information content (AvgIpc) is 2.62. The van der Waals surface area contributed by atoms with Gasteiger partial charge in [0.1, 0.15) is 0 Å². The predicted molar refractivity (Wildman–Crippen MR) is 104 cm³/mol. The van der Waals surface area contributed by atoms with Gasteiger partial charge in [0.2, 0.25) is 0 Å². The fraction of sp³-hybridized carbons (Fsp3) is 0.700. The number of methoxy groups -OCH3 is 2. The van der Waals surface area contributed by atoms with E-state index in [1.165, 1.54) is 14.2 Å². The summed E-state index contributed by atoms with van der Waals surface area (Å²) in [6.07, 6.45) is 8.43. The van der Waals surface area contributed by atoms with Crippen LogP contribution in [0.4, 0.5) is 0 Å². The summed E-state index contributed by atoms with van der Waals surface area (Å²) in [7, 11) is 2.87. The molecule has 142 valence electrons. The monoisotopic (exact) mass is 458 g/mol. The third-order valence-corrected chi connectivity index (χ3v) is 20.7. The zero-order valence-electron chi connectivity index (χ0n) is 16.6. The van der Waals surface area contributed by atoms with E-state index in [-0.39, 0.29) is 23.1 Å². The van der Waals surface area contributed by atoms with E-state index in [1.807, 2.05) is 0 Å². The van der Waals surface area contributed by atoms with Crippen LogP contribution in [-0.2, 0) is 19.1 Å². The molecule has 0 aromatic carbocycles. The van der Waals surface area contributed by atoms with Crippen LogP contribution in [0.15, 0.2) is 21.2 Å². The number of Topliss-reactive ketones (excluding diaryl/α,β-unsaturated/α-hetero) is 1. The minimum absolute atomic E-state index is 0.0536. The van der Waals surface area contributed by atoms with Crippen LogP contribution >= 0.6 is 0 Å². The van der Waals surface area contributed by atoms with Crippen molar-refractivity contribution >= 4 is 29.9 Å². The Bertz CT molecular complexity index is 512. The number of ketones is 2. The SMILES string of the molecule is CCC[CH2][Sn]([CH2]CCC)([CH2]CCC)[C]1=CC(=O)C(OC)=C(OC)C1=O. The molecule has 1 rings (SSSR count). The Morgan fingerprint density at radius 3 is 1.60 bits per heavy atom. The van der Waals surface area contributed by atoms with Crippen LogP contribution in [0.1, 0.15) is 59.3 Å². The Morgan fingerprint density at radius 2 is 1.24 bits per heavy atom. The quantitative estimate of drug-likeness (QED) is 0.307. The molecule has 0 saturated carbocycles. The van der Waals surface area contributed by atoms with Gasteiger partial charge in [0.25, 0.3) is 0 Å². The molecular formula is C20H34O4Sn. The maximum atomic E-state index is 13.2. The number of rotatable bonds is 12. The van der Waals surface area contributed by atoms with Gasteiger partial charge in [-0.25, -0.2) is 0 Å². The van der Waals surface area contributed by atoms with Crippen LogP contribution in [-0.4, -0.2) is 44.2 Å². The summed E-state index contributed by atoms with van der Waals surface area (Å²) in [5.41, 5.74) is 0. The number of hydrogen-bond acceptors (Lipinski definition) is 4. The zero-order chi connectivity index (χ0) is 18.9. The van der Waals surface area contributed by atoms with Gasteiger partial charge in [-0.15, -0.1) is 0 Å². The zero-order valence-corrected chi connectivity index (χ0v) is 19.4. The molecule has 1 aliphatic carbocycles. The van der Waals surface area contributed by atoms with E-state index in [1.54, 1.807) is 6.08 Å². The maximum absolute atomic E-state index is 13.2. The third kappa shape index (κ3) is 5.35. The Kier molecular flexibility index (Phi) is 9.83. The Morgan fingerprint density at radius 1 is 0.800 bits per heavy atom. The van der Waals surface area contributed by atoms with Crippen LogP contribution in [0.5, 0.6) is 0 Å². The van der Waals surface area contributed by atoms with E-state index in [0.29, 0.717) is 0 Å². The molecule has 25 heavy (non-hydrogen) atoms. The molecule has 4 nitrogen and oxygen atoms in total. The van der Waals surface area contributed by atoms with Gasteiger partial charge in [-0.3, -0.25) is 0 Å². The second-order valence-electron chi connectivity index (χ2n) is 6.91. The summed E-state index contributed by atoms with van der Waals surface area (Å²) >= 11 is -2.97. The normalized spacial score (nSPS) is 15.5. The Balaban J connectivity index is 3.35. The topological polar surface area (TPSA) is 52.6 Å². The summed E-state index contributed by atoms with van der Waals surface area (Å²) in [6, 6.07) is 0. The van der Waals surface area contributed by atoms with E-state index in [4.69, 9.17) is 9.47 Å². The van der Waals surface area contributed by atoms with Crippen LogP contribution < -0.4 is 0 Å². The van der Waals surface area contributed by atoms with Crippen molar-refractivity contribution in [3.8, 4) is 0 Å². The van der Waals surface area contributed by atoms with Gasteiger partial charge in [-0.1, -0.05) is 0 Å². The standard InChI is InChI=1S/C8H7O4.3C4H9.Sn/c1-11-7-5(9)3-4-6(10)8(7)12-2;3*1-3-4-2;/h3H,1-2H3;3*1,3-4H2,2H3;. The number of unbranched alkanes of at least 4 members (excludes halogenated alkanes) is 3.